The predicted octanol–water partition coefficient (Wildman–Crippen LogP) is 3.76. The molecule has 0 spiro atoms. The molecule has 0 radical (unpaired) electrons. The van der Waals surface area contributed by atoms with Crippen LogP contribution in [0.3, 0.4) is 0 Å². The summed E-state index contributed by atoms with van der Waals surface area (Å²) in [5.74, 6) is -1.18. The van der Waals surface area contributed by atoms with E-state index < -0.39 is 17.7 Å². The maximum atomic E-state index is 13.6. The molecular weight excluding hydrogens is 272 g/mol. The maximum absolute atomic E-state index is 13.6. The Balaban J connectivity index is 1.88. The van der Waals surface area contributed by atoms with Crippen LogP contribution < -0.4 is 0 Å². The summed E-state index contributed by atoms with van der Waals surface area (Å²) in [6, 6.07) is 3.95. The van der Waals surface area contributed by atoms with Crippen molar-refractivity contribution in [3.05, 3.63) is 35.4 Å². The van der Waals surface area contributed by atoms with Crippen molar-refractivity contribution < 1.29 is 13.9 Å². The van der Waals surface area contributed by atoms with E-state index in [0.717, 1.165) is 25.6 Å². The molecule has 1 aliphatic rings. The second-order valence-electron chi connectivity index (χ2n) is 7.10. The number of nitrogens with zero attached hydrogens (tertiary/aromatic N) is 1. The van der Waals surface area contributed by atoms with Gasteiger partial charge in [0.25, 0.3) is 0 Å². The first kappa shape index (κ1) is 16.4. The molecular formula is C17H25F2NO. The summed E-state index contributed by atoms with van der Waals surface area (Å²) in [5.41, 5.74) is 0.351. The van der Waals surface area contributed by atoms with Crippen molar-refractivity contribution in [3.63, 3.8) is 0 Å². The fourth-order valence-electron chi connectivity index (χ4n) is 2.98. The second kappa shape index (κ2) is 6.41. The molecule has 2 unspecified atom stereocenters. The molecule has 1 aliphatic heterocycles. The van der Waals surface area contributed by atoms with Crippen LogP contribution in [0.4, 0.5) is 8.78 Å². The van der Waals surface area contributed by atoms with Crippen LogP contribution >= 0.6 is 0 Å². The highest BCUT2D eigenvalue weighted by atomic mass is 19.2. The van der Waals surface area contributed by atoms with Gasteiger partial charge in [-0.3, -0.25) is 0 Å². The van der Waals surface area contributed by atoms with Gasteiger partial charge >= 0.3 is 0 Å². The minimum absolute atomic E-state index is 0.0570. The van der Waals surface area contributed by atoms with Crippen LogP contribution in [0, 0.1) is 23.0 Å². The molecule has 21 heavy (non-hydrogen) atoms. The van der Waals surface area contributed by atoms with E-state index in [9.17, 15) is 13.9 Å². The number of aliphatic hydroxyl groups is 1. The highest BCUT2D eigenvalue weighted by Crippen LogP contribution is 2.34. The van der Waals surface area contributed by atoms with Gasteiger partial charge in [0.1, 0.15) is 0 Å². The first-order chi connectivity index (χ1) is 9.79. The molecule has 0 amide bonds. The van der Waals surface area contributed by atoms with Crippen molar-refractivity contribution in [1.29, 1.82) is 0 Å². The third-order valence-corrected chi connectivity index (χ3v) is 4.56. The summed E-state index contributed by atoms with van der Waals surface area (Å²) in [5, 5.41) is 10.1. The molecule has 2 nitrogen and oxygen atoms in total. The summed E-state index contributed by atoms with van der Waals surface area (Å²) >= 11 is 0. The SMILES string of the molecule is CC(C)(C)C1CCN(CCC(O)c2cccc(F)c2F)C1. The quantitative estimate of drug-likeness (QED) is 0.915. The summed E-state index contributed by atoms with van der Waals surface area (Å²) in [4.78, 5) is 2.30. The molecule has 0 bridgehead atoms. The molecule has 0 aliphatic carbocycles. The molecule has 1 heterocycles. The van der Waals surface area contributed by atoms with E-state index >= 15 is 0 Å². The number of likely N-dealkylation sites (tertiary alicyclic amines) is 1. The lowest BCUT2D eigenvalue weighted by Gasteiger charge is -2.27. The Bertz CT molecular complexity index is 484. The summed E-state index contributed by atoms with van der Waals surface area (Å²) in [7, 11) is 0. The number of rotatable bonds is 4. The normalized spacial score (nSPS) is 21.7. The zero-order valence-corrected chi connectivity index (χ0v) is 13.1. The van der Waals surface area contributed by atoms with Crippen LogP contribution in [-0.4, -0.2) is 29.6 Å². The molecule has 1 fully saturated rings. The van der Waals surface area contributed by atoms with Crippen molar-refractivity contribution in [3.8, 4) is 0 Å². The standard InChI is InChI=1S/C17H25F2NO/c1-17(2,3)12-7-9-20(11-12)10-8-15(21)13-5-4-6-14(18)16(13)19/h4-6,12,15,21H,7-11H2,1-3H3. The van der Waals surface area contributed by atoms with Gasteiger partial charge in [0.05, 0.1) is 6.10 Å². The smallest absolute Gasteiger partial charge is 0.164 e. The van der Waals surface area contributed by atoms with Gasteiger partial charge in [0, 0.05) is 18.7 Å². The molecule has 1 N–H and O–H groups in total. The summed E-state index contributed by atoms with van der Waals surface area (Å²) in [6.45, 7) is 9.49. The fraction of sp³-hybridized carbons (Fsp3) is 0.647. The lowest BCUT2D eigenvalue weighted by molar-refractivity contribution is 0.140. The number of hydrogen-bond acceptors (Lipinski definition) is 2. The number of halogens is 2. The minimum Gasteiger partial charge on any atom is -0.388 e. The monoisotopic (exact) mass is 297 g/mol. The van der Waals surface area contributed by atoms with Crippen molar-refractivity contribution in [2.45, 2.75) is 39.7 Å². The van der Waals surface area contributed by atoms with E-state index in [2.05, 4.69) is 25.7 Å². The third kappa shape index (κ3) is 4.01. The average Bonchev–Trinajstić information content (AvgIpc) is 2.88. The Labute approximate surface area is 125 Å². The Morgan fingerprint density at radius 1 is 1.33 bits per heavy atom. The Hall–Kier alpha value is -1.00. The third-order valence-electron chi connectivity index (χ3n) is 4.56. The van der Waals surface area contributed by atoms with Crippen LogP contribution in [0.5, 0.6) is 0 Å². The second-order valence-corrected chi connectivity index (χ2v) is 7.10. The fourth-order valence-corrected chi connectivity index (χ4v) is 2.98. The van der Waals surface area contributed by atoms with Gasteiger partial charge in [-0.05, 0) is 36.8 Å². The van der Waals surface area contributed by atoms with Crippen LogP contribution in [-0.2, 0) is 0 Å². The van der Waals surface area contributed by atoms with Gasteiger partial charge in [0.15, 0.2) is 11.6 Å². The van der Waals surface area contributed by atoms with Crippen molar-refractivity contribution >= 4 is 0 Å². The topological polar surface area (TPSA) is 23.5 Å². The molecule has 2 atom stereocenters. The molecule has 1 aromatic carbocycles. The predicted molar refractivity (Wildman–Crippen MR) is 79.9 cm³/mol. The van der Waals surface area contributed by atoms with Gasteiger partial charge in [-0.2, -0.15) is 0 Å². The van der Waals surface area contributed by atoms with E-state index in [-0.39, 0.29) is 5.56 Å². The maximum Gasteiger partial charge on any atom is 0.164 e. The highest BCUT2D eigenvalue weighted by Gasteiger charge is 2.31. The molecule has 118 valence electrons. The zero-order valence-electron chi connectivity index (χ0n) is 13.1. The minimum atomic E-state index is -0.950. The van der Waals surface area contributed by atoms with Crippen LogP contribution in [0.25, 0.3) is 0 Å². The van der Waals surface area contributed by atoms with Gasteiger partial charge in [-0.25, -0.2) is 8.78 Å². The van der Waals surface area contributed by atoms with E-state index in [1.165, 1.54) is 12.1 Å². The van der Waals surface area contributed by atoms with Gasteiger partial charge < -0.3 is 10.0 Å². The first-order valence-electron chi connectivity index (χ1n) is 7.63. The van der Waals surface area contributed by atoms with Crippen molar-refractivity contribution in [1.82, 2.24) is 4.90 Å². The zero-order chi connectivity index (χ0) is 15.6. The Morgan fingerprint density at radius 2 is 2.05 bits per heavy atom. The van der Waals surface area contributed by atoms with Crippen molar-refractivity contribution in [2.75, 3.05) is 19.6 Å². The Morgan fingerprint density at radius 3 is 2.67 bits per heavy atom. The average molecular weight is 297 g/mol. The van der Waals surface area contributed by atoms with Crippen LogP contribution in [0.15, 0.2) is 18.2 Å². The van der Waals surface area contributed by atoms with Crippen molar-refractivity contribution in [2.24, 2.45) is 11.3 Å². The van der Waals surface area contributed by atoms with E-state index in [1.807, 2.05) is 0 Å². The van der Waals surface area contributed by atoms with Gasteiger partial charge in [-0.1, -0.05) is 32.9 Å². The summed E-state index contributed by atoms with van der Waals surface area (Å²) < 4.78 is 26.8. The lowest BCUT2D eigenvalue weighted by Crippen LogP contribution is -2.27. The Kier molecular flexibility index (Phi) is 4.99. The number of aliphatic hydroxyl groups excluding tert-OH is 1. The number of benzene rings is 1. The van der Waals surface area contributed by atoms with E-state index in [0.29, 0.717) is 24.3 Å². The summed E-state index contributed by atoms with van der Waals surface area (Å²) in [6.07, 6.45) is 0.639. The van der Waals surface area contributed by atoms with Gasteiger partial charge in [-0.15, -0.1) is 0 Å². The first-order valence-corrected chi connectivity index (χ1v) is 7.63. The molecule has 2 rings (SSSR count). The van der Waals surface area contributed by atoms with Gasteiger partial charge in [0.2, 0.25) is 0 Å². The van der Waals surface area contributed by atoms with Crippen LogP contribution in [0.2, 0.25) is 0 Å². The molecule has 4 heteroatoms. The van der Waals surface area contributed by atoms with E-state index in [4.69, 9.17) is 0 Å². The molecule has 1 saturated heterocycles. The lowest BCUT2D eigenvalue weighted by atomic mass is 9.80. The highest BCUT2D eigenvalue weighted by molar-refractivity contribution is 5.21. The molecule has 0 aromatic heterocycles. The molecule has 1 aromatic rings. The molecule has 0 saturated carbocycles. The van der Waals surface area contributed by atoms with Crippen LogP contribution in [0.1, 0.15) is 45.3 Å². The number of hydrogen-bond donors (Lipinski definition) is 1. The largest absolute Gasteiger partial charge is 0.388 e. The van der Waals surface area contributed by atoms with E-state index in [1.54, 1.807) is 0 Å².